The second-order valence-corrected chi connectivity index (χ2v) is 4.18. The van der Waals surface area contributed by atoms with E-state index in [1.165, 1.54) is 24.0 Å². The molecule has 0 saturated carbocycles. The summed E-state index contributed by atoms with van der Waals surface area (Å²) in [5, 5.41) is 11.6. The van der Waals surface area contributed by atoms with Gasteiger partial charge in [0.25, 0.3) is 0 Å². The second kappa shape index (κ2) is 3.30. The van der Waals surface area contributed by atoms with Crippen LogP contribution in [0.15, 0.2) is 16.3 Å². The molecule has 0 heterocycles. The predicted molar refractivity (Wildman–Crippen MR) is 50.6 cm³/mol. The first-order chi connectivity index (χ1) is 5.58. The van der Waals surface area contributed by atoms with E-state index in [0.717, 1.165) is 6.42 Å². The molecule has 1 aliphatic carbocycles. The Bertz CT molecular complexity index is 226. The minimum atomic E-state index is 0.189. The van der Waals surface area contributed by atoms with Gasteiger partial charge in [-0.05, 0) is 37.2 Å². The lowest BCUT2D eigenvalue weighted by Gasteiger charge is -2.31. The van der Waals surface area contributed by atoms with Gasteiger partial charge < -0.3 is 5.21 Å². The van der Waals surface area contributed by atoms with Gasteiger partial charge in [-0.25, -0.2) is 0 Å². The molecule has 0 aromatic heterocycles. The van der Waals surface area contributed by atoms with E-state index in [9.17, 15) is 0 Å². The maximum absolute atomic E-state index is 8.50. The van der Waals surface area contributed by atoms with Crippen LogP contribution in [0.25, 0.3) is 0 Å². The number of hydrogen-bond acceptors (Lipinski definition) is 2. The molecule has 0 bridgehead atoms. The molecule has 0 spiro atoms. The molecule has 0 amide bonds. The molecule has 1 aliphatic rings. The van der Waals surface area contributed by atoms with Crippen LogP contribution in [0.2, 0.25) is 0 Å². The van der Waals surface area contributed by atoms with Crippen molar-refractivity contribution in [1.82, 2.24) is 0 Å². The summed E-state index contributed by atoms with van der Waals surface area (Å²) in [6, 6.07) is 0. The van der Waals surface area contributed by atoms with Crippen molar-refractivity contribution in [2.75, 3.05) is 0 Å². The number of nitrogens with zero attached hydrogens (tertiary/aromatic N) is 1. The summed E-state index contributed by atoms with van der Waals surface area (Å²) in [5.74, 6) is 0. The van der Waals surface area contributed by atoms with E-state index in [1.807, 2.05) is 0 Å². The fourth-order valence-corrected chi connectivity index (χ4v) is 1.99. The Balaban J connectivity index is 3.00. The normalized spacial score (nSPS) is 23.6. The van der Waals surface area contributed by atoms with Crippen molar-refractivity contribution < 1.29 is 5.21 Å². The smallest absolute Gasteiger partial charge is 0.0698 e. The van der Waals surface area contributed by atoms with Crippen molar-refractivity contribution in [2.24, 2.45) is 10.6 Å². The number of allylic oxidation sites excluding steroid dienone is 2. The summed E-state index contributed by atoms with van der Waals surface area (Å²) in [6.45, 7) is 6.53. The van der Waals surface area contributed by atoms with Crippen LogP contribution >= 0.6 is 0 Å². The quantitative estimate of drug-likeness (QED) is 0.363. The molecule has 68 valence electrons. The molecule has 0 atom stereocenters. The zero-order chi connectivity index (χ0) is 9.19. The van der Waals surface area contributed by atoms with Gasteiger partial charge in [0.05, 0.1) is 6.21 Å². The lowest BCUT2D eigenvalue weighted by molar-refractivity contribution is 0.318. The molecule has 0 fully saturated rings. The number of hydrogen-bond donors (Lipinski definition) is 1. The molecule has 1 rings (SSSR count). The number of rotatable bonds is 1. The van der Waals surface area contributed by atoms with E-state index in [4.69, 9.17) is 5.21 Å². The van der Waals surface area contributed by atoms with Crippen LogP contribution in [0.5, 0.6) is 0 Å². The molecule has 2 nitrogen and oxygen atoms in total. The maximum Gasteiger partial charge on any atom is 0.0698 e. The fourth-order valence-electron chi connectivity index (χ4n) is 1.99. The van der Waals surface area contributed by atoms with E-state index < -0.39 is 0 Å². The van der Waals surface area contributed by atoms with Crippen LogP contribution < -0.4 is 0 Å². The van der Waals surface area contributed by atoms with Gasteiger partial charge in [-0.2, -0.15) is 0 Å². The Morgan fingerprint density at radius 2 is 2.17 bits per heavy atom. The monoisotopic (exact) mass is 167 g/mol. The summed E-state index contributed by atoms with van der Waals surface area (Å²) in [6.07, 6.45) is 5.17. The van der Waals surface area contributed by atoms with Gasteiger partial charge in [-0.3, -0.25) is 0 Å². The Morgan fingerprint density at radius 3 is 2.67 bits per heavy atom. The van der Waals surface area contributed by atoms with Gasteiger partial charge in [0.15, 0.2) is 0 Å². The van der Waals surface area contributed by atoms with E-state index in [0.29, 0.717) is 0 Å². The van der Waals surface area contributed by atoms with Crippen LogP contribution in [0.4, 0.5) is 0 Å². The largest absolute Gasteiger partial charge is 0.411 e. The minimum absolute atomic E-state index is 0.189. The highest BCUT2D eigenvalue weighted by atomic mass is 16.4. The Hall–Kier alpha value is -0.790. The van der Waals surface area contributed by atoms with E-state index in [-0.39, 0.29) is 5.41 Å². The van der Waals surface area contributed by atoms with Crippen molar-refractivity contribution in [3.63, 3.8) is 0 Å². The fraction of sp³-hybridized carbons (Fsp3) is 0.700. The molecule has 0 saturated heterocycles. The first-order valence-corrected chi connectivity index (χ1v) is 4.45. The highest BCUT2D eigenvalue weighted by Gasteiger charge is 2.27. The third-order valence-electron chi connectivity index (χ3n) is 2.73. The van der Waals surface area contributed by atoms with Crippen LogP contribution in [-0.4, -0.2) is 11.4 Å². The summed E-state index contributed by atoms with van der Waals surface area (Å²) in [4.78, 5) is 0. The summed E-state index contributed by atoms with van der Waals surface area (Å²) < 4.78 is 0. The zero-order valence-electron chi connectivity index (χ0n) is 8.09. The standard InChI is InChI=1S/C10H17NO/c1-8-5-4-6-10(2,3)9(8)7-11-12/h7,12H,4-6H2,1-3H3. The minimum Gasteiger partial charge on any atom is -0.411 e. The van der Waals surface area contributed by atoms with E-state index >= 15 is 0 Å². The lowest BCUT2D eigenvalue weighted by atomic mass is 9.73. The molecule has 0 aromatic carbocycles. The number of oxime groups is 1. The molecule has 1 N–H and O–H groups in total. The van der Waals surface area contributed by atoms with Crippen molar-refractivity contribution in [3.8, 4) is 0 Å². The maximum atomic E-state index is 8.50. The van der Waals surface area contributed by atoms with Gasteiger partial charge in [-0.1, -0.05) is 24.6 Å². The summed E-state index contributed by atoms with van der Waals surface area (Å²) >= 11 is 0. The Labute approximate surface area is 74.0 Å². The van der Waals surface area contributed by atoms with Crippen LogP contribution in [0, 0.1) is 5.41 Å². The summed E-state index contributed by atoms with van der Waals surface area (Å²) in [5.41, 5.74) is 2.76. The van der Waals surface area contributed by atoms with Gasteiger partial charge in [-0.15, -0.1) is 0 Å². The van der Waals surface area contributed by atoms with Gasteiger partial charge in [0.2, 0.25) is 0 Å². The molecule has 0 aliphatic heterocycles. The van der Waals surface area contributed by atoms with Gasteiger partial charge >= 0.3 is 0 Å². The molecule has 0 radical (unpaired) electrons. The zero-order valence-corrected chi connectivity index (χ0v) is 8.09. The molecule has 12 heavy (non-hydrogen) atoms. The van der Waals surface area contributed by atoms with Crippen molar-refractivity contribution in [1.29, 1.82) is 0 Å². The van der Waals surface area contributed by atoms with Crippen molar-refractivity contribution >= 4 is 6.21 Å². The van der Waals surface area contributed by atoms with E-state index in [1.54, 1.807) is 6.21 Å². The van der Waals surface area contributed by atoms with Crippen LogP contribution in [0.3, 0.4) is 0 Å². The first kappa shape index (κ1) is 9.30. The van der Waals surface area contributed by atoms with Gasteiger partial charge in [0, 0.05) is 0 Å². The third kappa shape index (κ3) is 1.68. The molecular formula is C10H17NO. The molecule has 0 aromatic rings. The Kier molecular flexibility index (Phi) is 2.55. The summed E-state index contributed by atoms with van der Waals surface area (Å²) in [7, 11) is 0. The second-order valence-electron chi connectivity index (χ2n) is 4.18. The van der Waals surface area contributed by atoms with Gasteiger partial charge in [0.1, 0.15) is 0 Å². The van der Waals surface area contributed by atoms with Crippen LogP contribution in [0.1, 0.15) is 40.0 Å². The van der Waals surface area contributed by atoms with Crippen LogP contribution in [-0.2, 0) is 0 Å². The molecule has 2 heteroatoms. The van der Waals surface area contributed by atoms with Crippen molar-refractivity contribution in [2.45, 2.75) is 40.0 Å². The highest BCUT2D eigenvalue weighted by Crippen LogP contribution is 2.38. The van der Waals surface area contributed by atoms with Crippen molar-refractivity contribution in [3.05, 3.63) is 11.1 Å². The first-order valence-electron chi connectivity index (χ1n) is 4.45. The lowest BCUT2D eigenvalue weighted by Crippen LogP contribution is -2.21. The average Bonchev–Trinajstić information content (AvgIpc) is 1.97. The SMILES string of the molecule is CC1=C(C=NO)C(C)(C)CCC1. The molecule has 0 unspecified atom stereocenters. The molecular weight excluding hydrogens is 150 g/mol. The predicted octanol–water partition coefficient (Wildman–Crippen LogP) is 2.97. The Morgan fingerprint density at radius 1 is 1.50 bits per heavy atom. The highest BCUT2D eigenvalue weighted by molar-refractivity contribution is 5.81. The average molecular weight is 167 g/mol. The topological polar surface area (TPSA) is 32.6 Å². The third-order valence-corrected chi connectivity index (χ3v) is 2.73. The van der Waals surface area contributed by atoms with E-state index in [2.05, 4.69) is 25.9 Å².